The van der Waals surface area contributed by atoms with Crippen LogP contribution in [0.2, 0.25) is 0 Å². The molecule has 31 heavy (non-hydrogen) atoms. The Kier molecular flexibility index (Phi) is 8.99. The lowest BCUT2D eigenvalue weighted by Gasteiger charge is -2.18. The number of carboxylic acids is 1. The molecule has 2 aromatic carbocycles. The van der Waals surface area contributed by atoms with Gasteiger partial charge in [0.2, 0.25) is 5.91 Å². The fourth-order valence-electron chi connectivity index (χ4n) is 3.16. The van der Waals surface area contributed by atoms with Gasteiger partial charge in [0, 0.05) is 18.0 Å². The van der Waals surface area contributed by atoms with E-state index in [4.69, 9.17) is 14.6 Å². The smallest absolute Gasteiger partial charge is 0.307 e. The zero-order valence-electron chi connectivity index (χ0n) is 17.5. The van der Waals surface area contributed by atoms with Crippen LogP contribution in [0, 0.1) is 5.82 Å². The minimum Gasteiger partial charge on any atom is -0.493 e. The SMILES string of the molecule is CCOC(=O)C[C@@H](Cc1ccc(-c2cccc(F)c2OC)cc1)NC(=O)CCC(=O)O. The first kappa shape index (κ1) is 23.9. The molecule has 1 amide bonds. The zero-order valence-corrected chi connectivity index (χ0v) is 17.5. The van der Waals surface area contributed by atoms with Crippen LogP contribution in [0.5, 0.6) is 5.75 Å². The maximum Gasteiger partial charge on any atom is 0.307 e. The minimum absolute atomic E-state index is 0.0356. The molecular weight excluding hydrogens is 405 g/mol. The summed E-state index contributed by atoms with van der Waals surface area (Å²) in [5, 5.41) is 11.4. The van der Waals surface area contributed by atoms with Crippen LogP contribution in [0.25, 0.3) is 11.1 Å². The summed E-state index contributed by atoms with van der Waals surface area (Å²) in [6.07, 6.45) is -0.153. The second kappa shape index (κ2) is 11.7. The van der Waals surface area contributed by atoms with E-state index in [2.05, 4.69) is 5.32 Å². The van der Waals surface area contributed by atoms with Crippen molar-refractivity contribution in [3.05, 3.63) is 53.8 Å². The average molecular weight is 431 g/mol. The van der Waals surface area contributed by atoms with Crippen LogP contribution in [0.4, 0.5) is 4.39 Å². The quantitative estimate of drug-likeness (QED) is 0.529. The number of esters is 1. The van der Waals surface area contributed by atoms with E-state index in [-0.39, 0.29) is 31.6 Å². The molecule has 0 saturated heterocycles. The van der Waals surface area contributed by atoms with Crippen LogP contribution >= 0.6 is 0 Å². The highest BCUT2D eigenvalue weighted by molar-refractivity contribution is 5.81. The number of hydrogen-bond donors (Lipinski definition) is 2. The van der Waals surface area contributed by atoms with Crippen molar-refractivity contribution >= 4 is 17.8 Å². The van der Waals surface area contributed by atoms with E-state index in [1.807, 2.05) is 12.1 Å². The molecule has 0 unspecified atom stereocenters. The molecule has 0 spiro atoms. The van der Waals surface area contributed by atoms with E-state index in [0.29, 0.717) is 12.0 Å². The van der Waals surface area contributed by atoms with Crippen molar-refractivity contribution in [2.45, 2.75) is 38.6 Å². The fourth-order valence-corrected chi connectivity index (χ4v) is 3.16. The molecule has 0 radical (unpaired) electrons. The number of methoxy groups -OCH3 is 1. The third kappa shape index (κ3) is 7.40. The first-order chi connectivity index (χ1) is 14.8. The Morgan fingerprint density at radius 1 is 1.10 bits per heavy atom. The molecule has 2 aromatic rings. The van der Waals surface area contributed by atoms with Gasteiger partial charge < -0.3 is 19.9 Å². The topological polar surface area (TPSA) is 102 Å². The first-order valence-corrected chi connectivity index (χ1v) is 9.92. The van der Waals surface area contributed by atoms with Gasteiger partial charge in [-0.2, -0.15) is 0 Å². The molecule has 7 nitrogen and oxygen atoms in total. The van der Waals surface area contributed by atoms with E-state index in [9.17, 15) is 18.8 Å². The molecule has 1 atom stereocenters. The summed E-state index contributed by atoms with van der Waals surface area (Å²) in [5.41, 5.74) is 2.21. The lowest BCUT2D eigenvalue weighted by Crippen LogP contribution is -2.38. The number of carboxylic acid groups (broad SMARTS) is 1. The van der Waals surface area contributed by atoms with Gasteiger partial charge in [-0.05, 0) is 30.5 Å². The highest BCUT2D eigenvalue weighted by atomic mass is 19.1. The van der Waals surface area contributed by atoms with Crippen LogP contribution < -0.4 is 10.1 Å². The number of amides is 1. The summed E-state index contributed by atoms with van der Waals surface area (Å²) in [6, 6.07) is 11.4. The van der Waals surface area contributed by atoms with Gasteiger partial charge in [0.25, 0.3) is 0 Å². The summed E-state index contributed by atoms with van der Waals surface area (Å²) < 4.78 is 24.1. The number of ether oxygens (including phenoxy) is 2. The highest BCUT2D eigenvalue weighted by Crippen LogP contribution is 2.32. The third-order valence-corrected chi connectivity index (χ3v) is 4.57. The zero-order chi connectivity index (χ0) is 22.8. The van der Waals surface area contributed by atoms with E-state index < -0.39 is 29.7 Å². The number of benzene rings is 2. The predicted octanol–water partition coefficient (Wildman–Crippen LogP) is 3.35. The molecule has 2 rings (SSSR count). The standard InChI is InChI=1S/C23H26FNO6/c1-3-31-22(29)14-17(25-20(26)11-12-21(27)28)13-15-7-9-16(10-8-15)18-5-4-6-19(24)23(18)30-2/h4-10,17H,3,11-14H2,1-2H3,(H,25,26)(H,27,28)/t17-/m1/s1. The Morgan fingerprint density at radius 2 is 1.81 bits per heavy atom. The van der Waals surface area contributed by atoms with Gasteiger partial charge in [-0.25, -0.2) is 4.39 Å². The number of para-hydroxylation sites is 1. The van der Waals surface area contributed by atoms with Gasteiger partial charge in [0.15, 0.2) is 11.6 Å². The molecular formula is C23H26FNO6. The van der Waals surface area contributed by atoms with Gasteiger partial charge in [-0.3, -0.25) is 14.4 Å². The molecule has 0 bridgehead atoms. The average Bonchev–Trinajstić information content (AvgIpc) is 2.72. The van der Waals surface area contributed by atoms with Crippen molar-refractivity contribution in [2.24, 2.45) is 0 Å². The molecule has 0 aliphatic carbocycles. The summed E-state index contributed by atoms with van der Waals surface area (Å²) in [5.74, 6) is -2.27. The summed E-state index contributed by atoms with van der Waals surface area (Å²) in [7, 11) is 1.41. The number of nitrogens with one attached hydrogen (secondary N) is 1. The Balaban J connectivity index is 2.14. The molecule has 166 valence electrons. The largest absolute Gasteiger partial charge is 0.493 e. The minimum atomic E-state index is -1.07. The highest BCUT2D eigenvalue weighted by Gasteiger charge is 2.19. The fraction of sp³-hybridized carbons (Fsp3) is 0.348. The Labute approximate surface area is 180 Å². The molecule has 0 aromatic heterocycles. The number of rotatable bonds is 11. The number of aliphatic carboxylic acids is 1. The van der Waals surface area contributed by atoms with Crippen molar-refractivity contribution < 1.29 is 33.4 Å². The van der Waals surface area contributed by atoms with E-state index >= 15 is 0 Å². The van der Waals surface area contributed by atoms with E-state index in [1.165, 1.54) is 13.2 Å². The van der Waals surface area contributed by atoms with Crippen LogP contribution in [-0.2, 0) is 25.5 Å². The van der Waals surface area contributed by atoms with Crippen molar-refractivity contribution in [2.75, 3.05) is 13.7 Å². The second-order valence-corrected chi connectivity index (χ2v) is 6.89. The number of carbonyl (C=O) groups excluding carboxylic acids is 2. The van der Waals surface area contributed by atoms with Gasteiger partial charge in [0.05, 0.1) is 26.6 Å². The van der Waals surface area contributed by atoms with Crippen molar-refractivity contribution in [1.82, 2.24) is 5.32 Å². The first-order valence-electron chi connectivity index (χ1n) is 9.92. The van der Waals surface area contributed by atoms with Gasteiger partial charge in [0.1, 0.15) is 0 Å². The molecule has 0 heterocycles. The molecule has 0 saturated carbocycles. The van der Waals surface area contributed by atoms with Crippen molar-refractivity contribution in [3.8, 4) is 16.9 Å². The number of halogens is 1. The van der Waals surface area contributed by atoms with Crippen LogP contribution in [0.15, 0.2) is 42.5 Å². The van der Waals surface area contributed by atoms with Gasteiger partial charge in [-0.15, -0.1) is 0 Å². The molecule has 0 fully saturated rings. The van der Waals surface area contributed by atoms with Crippen molar-refractivity contribution in [3.63, 3.8) is 0 Å². The van der Waals surface area contributed by atoms with E-state index in [0.717, 1.165) is 11.1 Å². The maximum absolute atomic E-state index is 14.0. The van der Waals surface area contributed by atoms with Crippen molar-refractivity contribution in [1.29, 1.82) is 0 Å². The molecule has 2 N–H and O–H groups in total. The van der Waals surface area contributed by atoms with E-state index in [1.54, 1.807) is 31.2 Å². The monoisotopic (exact) mass is 431 g/mol. The Morgan fingerprint density at radius 3 is 2.42 bits per heavy atom. The molecule has 8 heteroatoms. The van der Waals surface area contributed by atoms with Crippen LogP contribution in [-0.4, -0.2) is 42.7 Å². The Bertz CT molecular complexity index is 913. The van der Waals surface area contributed by atoms with Gasteiger partial charge in [-0.1, -0.05) is 36.4 Å². The number of carbonyl (C=O) groups is 3. The summed E-state index contributed by atoms with van der Waals surface area (Å²) in [6.45, 7) is 1.92. The lowest BCUT2D eigenvalue weighted by atomic mass is 9.98. The Hall–Kier alpha value is -3.42. The number of hydrogen-bond acceptors (Lipinski definition) is 5. The van der Waals surface area contributed by atoms with Gasteiger partial charge >= 0.3 is 11.9 Å². The molecule has 0 aliphatic heterocycles. The summed E-state index contributed by atoms with van der Waals surface area (Å²) >= 11 is 0. The third-order valence-electron chi connectivity index (χ3n) is 4.57. The second-order valence-electron chi connectivity index (χ2n) is 6.89. The predicted molar refractivity (Wildman–Crippen MR) is 112 cm³/mol. The van der Waals surface area contributed by atoms with Crippen LogP contribution in [0.3, 0.4) is 0 Å². The maximum atomic E-state index is 14.0. The normalized spacial score (nSPS) is 11.5. The lowest BCUT2D eigenvalue weighted by molar-refractivity contribution is -0.144. The summed E-state index contributed by atoms with van der Waals surface area (Å²) in [4.78, 5) is 34.6. The van der Waals surface area contributed by atoms with Crippen LogP contribution in [0.1, 0.15) is 31.7 Å². The molecule has 0 aliphatic rings.